The fourth-order valence-corrected chi connectivity index (χ4v) is 2.52. The van der Waals surface area contributed by atoms with Gasteiger partial charge in [0.25, 0.3) is 5.91 Å². The number of amides is 1. The molecule has 1 aliphatic rings. The lowest BCUT2D eigenvalue weighted by Crippen LogP contribution is -2.46. The van der Waals surface area contributed by atoms with E-state index in [2.05, 4.69) is 0 Å². The molecule has 1 fully saturated rings. The first-order valence-electron chi connectivity index (χ1n) is 7.94. The Morgan fingerprint density at radius 2 is 2.21 bits per heavy atom. The third kappa shape index (κ3) is 5.50. The van der Waals surface area contributed by atoms with E-state index in [-0.39, 0.29) is 18.9 Å². The van der Waals surface area contributed by atoms with Gasteiger partial charge in [-0.1, -0.05) is 6.07 Å². The van der Waals surface area contributed by atoms with Gasteiger partial charge < -0.3 is 24.2 Å². The number of carbonyl (C=O) groups is 2. The molecule has 1 heterocycles. The molecule has 1 aliphatic heterocycles. The fourth-order valence-electron chi connectivity index (χ4n) is 2.52. The minimum absolute atomic E-state index is 0.105. The van der Waals surface area contributed by atoms with E-state index in [1.807, 2.05) is 0 Å². The van der Waals surface area contributed by atoms with Crippen molar-refractivity contribution >= 4 is 11.9 Å². The maximum absolute atomic E-state index is 12.6. The van der Waals surface area contributed by atoms with Crippen molar-refractivity contribution in [3.8, 4) is 5.75 Å². The van der Waals surface area contributed by atoms with E-state index in [1.54, 1.807) is 36.3 Å². The maximum Gasteiger partial charge on any atom is 0.306 e. The average molecular weight is 337 g/mol. The van der Waals surface area contributed by atoms with Crippen LogP contribution >= 0.6 is 0 Å². The number of carboxylic acids is 1. The highest BCUT2D eigenvalue weighted by Crippen LogP contribution is 2.17. The standard InChI is InChI=1S/C17H23NO6/c1-22-7-3-8-23-14-5-2-4-13(10-14)17(21)18-6-9-24-15(12-18)11-16(19)20/h2,4-5,10,15H,3,6-9,11-12H2,1H3,(H,19,20). The zero-order valence-corrected chi connectivity index (χ0v) is 13.8. The lowest BCUT2D eigenvalue weighted by molar-refractivity contribution is -0.141. The minimum atomic E-state index is -0.930. The third-order valence-electron chi connectivity index (χ3n) is 3.67. The number of carboxylic acid groups (broad SMARTS) is 1. The summed E-state index contributed by atoms with van der Waals surface area (Å²) in [6.45, 7) is 2.22. The molecule has 0 aromatic heterocycles. The molecular formula is C17H23NO6. The second-order valence-electron chi connectivity index (χ2n) is 5.56. The van der Waals surface area contributed by atoms with Crippen LogP contribution < -0.4 is 4.74 Å². The van der Waals surface area contributed by atoms with Crippen LogP contribution in [0.3, 0.4) is 0 Å². The van der Waals surface area contributed by atoms with Crippen molar-refractivity contribution < 1.29 is 28.9 Å². The SMILES string of the molecule is COCCCOc1cccc(C(=O)N2CCOC(CC(=O)O)C2)c1. The van der Waals surface area contributed by atoms with Crippen LogP contribution in [-0.4, -0.2) is 68.0 Å². The second-order valence-corrected chi connectivity index (χ2v) is 5.56. The number of benzene rings is 1. The average Bonchev–Trinajstić information content (AvgIpc) is 2.58. The Bertz CT molecular complexity index is 562. The molecule has 1 amide bonds. The Morgan fingerprint density at radius 3 is 2.96 bits per heavy atom. The summed E-state index contributed by atoms with van der Waals surface area (Å²) in [5.41, 5.74) is 0.523. The molecule has 1 unspecified atom stereocenters. The molecule has 0 saturated carbocycles. The van der Waals surface area contributed by atoms with Crippen molar-refractivity contribution in [1.29, 1.82) is 0 Å². The van der Waals surface area contributed by atoms with E-state index >= 15 is 0 Å². The summed E-state index contributed by atoms with van der Waals surface area (Å²) in [4.78, 5) is 25.0. The molecule has 2 rings (SSSR count). The molecule has 7 nitrogen and oxygen atoms in total. The van der Waals surface area contributed by atoms with E-state index in [9.17, 15) is 9.59 Å². The smallest absolute Gasteiger partial charge is 0.306 e. The molecule has 0 spiro atoms. The number of rotatable bonds is 8. The van der Waals surface area contributed by atoms with Crippen molar-refractivity contribution in [1.82, 2.24) is 4.90 Å². The zero-order valence-electron chi connectivity index (χ0n) is 13.8. The van der Waals surface area contributed by atoms with Crippen LogP contribution in [0.15, 0.2) is 24.3 Å². The van der Waals surface area contributed by atoms with E-state index < -0.39 is 12.1 Å². The number of aliphatic carboxylic acids is 1. The second kappa shape index (κ2) is 9.24. The van der Waals surface area contributed by atoms with Crippen LogP contribution in [0.2, 0.25) is 0 Å². The summed E-state index contributed by atoms with van der Waals surface area (Å²) in [6, 6.07) is 7.01. The minimum Gasteiger partial charge on any atom is -0.493 e. The Labute approximate surface area is 141 Å². The number of carbonyl (C=O) groups excluding carboxylic acids is 1. The summed E-state index contributed by atoms with van der Waals surface area (Å²) in [7, 11) is 1.64. The first-order chi connectivity index (χ1) is 11.6. The molecule has 132 valence electrons. The molecule has 1 aromatic rings. The van der Waals surface area contributed by atoms with Crippen LogP contribution in [0.5, 0.6) is 5.75 Å². The van der Waals surface area contributed by atoms with Gasteiger partial charge >= 0.3 is 5.97 Å². The predicted molar refractivity (Wildman–Crippen MR) is 86.3 cm³/mol. The highest BCUT2D eigenvalue weighted by atomic mass is 16.5. The van der Waals surface area contributed by atoms with E-state index in [0.717, 1.165) is 6.42 Å². The Morgan fingerprint density at radius 1 is 1.38 bits per heavy atom. The Hall–Kier alpha value is -2.12. The monoisotopic (exact) mass is 337 g/mol. The van der Waals surface area contributed by atoms with Crippen LogP contribution in [0, 0.1) is 0 Å². The molecule has 1 aromatic carbocycles. The number of hydrogen-bond donors (Lipinski definition) is 1. The molecule has 1 N–H and O–H groups in total. The van der Waals surface area contributed by atoms with Crippen molar-refractivity contribution in [2.75, 3.05) is 40.0 Å². The predicted octanol–water partition coefficient (Wildman–Crippen LogP) is 1.42. The van der Waals surface area contributed by atoms with Crippen molar-refractivity contribution in [3.63, 3.8) is 0 Å². The molecule has 24 heavy (non-hydrogen) atoms. The van der Waals surface area contributed by atoms with Gasteiger partial charge in [-0.05, 0) is 18.2 Å². The lowest BCUT2D eigenvalue weighted by atomic mass is 10.1. The third-order valence-corrected chi connectivity index (χ3v) is 3.67. The van der Waals surface area contributed by atoms with Crippen LogP contribution in [-0.2, 0) is 14.3 Å². The lowest BCUT2D eigenvalue weighted by Gasteiger charge is -2.32. The van der Waals surface area contributed by atoms with E-state index in [0.29, 0.717) is 37.7 Å². The summed E-state index contributed by atoms with van der Waals surface area (Å²) in [5, 5.41) is 8.86. The summed E-state index contributed by atoms with van der Waals surface area (Å²) < 4.78 is 16.0. The summed E-state index contributed by atoms with van der Waals surface area (Å²) in [6.07, 6.45) is 0.204. The van der Waals surface area contributed by atoms with Crippen molar-refractivity contribution in [2.24, 2.45) is 0 Å². The first-order valence-corrected chi connectivity index (χ1v) is 7.94. The largest absolute Gasteiger partial charge is 0.493 e. The fraction of sp³-hybridized carbons (Fsp3) is 0.529. The number of methoxy groups -OCH3 is 1. The van der Waals surface area contributed by atoms with Gasteiger partial charge in [0.15, 0.2) is 0 Å². The highest BCUT2D eigenvalue weighted by molar-refractivity contribution is 5.94. The Kier molecular flexibility index (Phi) is 7.02. The quantitative estimate of drug-likeness (QED) is 0.722. The zero-order chi connectivity index (χ0) is 17.4. The molecule has 7 heteroatoms. The molecule has 0 bridgehead atoms. The van der Waals surface area contributed by atoms with Crippen molar-refractivity contribution in [2.45, 2.75) is 18.9 Å². The van der Waals surface area contributed by atoms with Crippen molar-refractivity contribution in [3.05, 3.63) is 29.8 Å². The van der Waals surface area contributed by atoms with Gasteiger partial charge in [-0.2, -0.15) is 0 Å². The van der Waals surface area contributed by atoms with Gasteiger partial charge in [0.1, 0.15) is 5.75 Å². The molecular weight excluding hydrogens is 314 g/mol. The van der Waals surface area contributed by atoms with Gasteiger partial charge in [0.2, 0.25) is 0 Å². The number of nitrogens with zero attached hydrogens (tertiary/aromatic N) is 1. The van der Waals surface area contributed by atoms with Gasteiger partial charge in [0, 0.05) is 38.8 Å². The van der Waals surface area contributed by atoms with Gasteiger partial charge in [0.05, 0.1) is 25.7 Å². The number of ether oxygens (including phenoxy) is 3. The Balaban J connectivity index is 1.94. The molecule has 1 saturated heterocycles. The van der Waals surface area contributed by atoms with Crippen LogP contribution in [0.4, 0.5) is 0 Å². The van der Waals surface area contributed by atoms with E-state index in [4.69, 9.17) is 19.3 Å². The topological polar surface area (TPSA) is 85.3 Å². The number of morpholine rings is 1. The summed E-state index contributed by atoms with van der Waals surface area (Å²) >= 11 is 0. The maximum atomic E-state index is 12.6. The van der Waals surface area contributed by atoms with Gasteiger partial charge in [-0.25, -0.2) is 0 Å². The van der Waals surface area contributed by atoms with Gasteiger partial charge in [-0.15, -0.1) is 0 Å². The molecule has 0 radical (unpaired) electrons. The van der Waals surface area contributed by atoms with Crippen LogP contribution in [0.25, 0.3) is 0 Å². The summed E-state index contributed by atoms with van der Waals surface area (Å²) in [5.74, 6) is -0.441. The molecule has 0 aliphatic carbocycles. The first kappa shape index (κ1) is 18.2. The highest BCUT2D eigenvalue weighted by Gasteiger charge is 2.26. The van der Waals surface area contributed by atoms with E-state index in [1.165, 1.54) is 0 Å². The number of hydrogen-bond acceptors (Lipinski definition) is 5. The van der Waals surface area contributed by atoms with Crippen LogP contribution in [0.1, 0.15) is 23.2 Å². The van der Waals surface area contributed by atoms with Gasteiger partial charge in [-0.3, -0.25) is 9.59 Å². The molecule has 1 atom stereocenters. The normalized spacial score (nSPS) is 17.5.